The highest BCUT2D eigenvalue weighted by Crippen LogP contribution is 2.28. The summed E-state index contributed by atoms with van der Waals surface area (Å²) in [5, 5.41) is 5.56. The number of methoxy groups -OCH3 is 1. The van der Waals surface area contributed by atoms with Crippen LogP contribution < -0.4 is 24.8 Å². The van der Waals surface area contributed by atoms with Crippen LogP contribution in [0.15, 0.2) is 36.4 Å². The van der Waals surface area contributed by atoms with E-state index in [0.717, 1.165) is 16.9 Å². The van der Waals surface area contributed by atoms with E-state index in [-0.39, 0.29) is 24.5 Å². The zero-order valence-electron chi connectivity index (χ0n) is 18.2. The highest BCUT2D eigenvalue weighted by atomic mass is 16.5. The highest BCUT2D eigenvalue weighted by Gasteiger charge is 2.13. The molecule has 2 rings (SSSR count). The van der Waals surface area contributed by atoms with Crippen LogP contribution >= 0.6 is 0 Å². The molecule has 2 aromatic carbocycles. The molecule has 30 heavy (non-hydrogen) atoms. The lowest BCUT2D eigenvalue weighted by Gasteiger charge is -2.13. The van der Waals surface area contributed by atoms with Crippen LogP contribution in [0.4, 0.5) is 0 Å². The molecule has 0 bridgehead atoms. The molecule has 0 radical (unpaired) electrons. The molecule has 0 aliphatic carbocycles. The van der Waals surface area contributed by atoms with Gasteiger partial charge >= 0.3 is 0 Å². The third-order valence-corrected chi connectivity index (χ3v) is 4.09. The minimum atomic E-state index is -0.249. The fraction of sp³-hybridized carbons (Fsp3) is 0.391. The van der Waals surface area contributed by atoms with E-state index in [1.165, 1.54) is 7.11 Å². The van der Waals surface area contributed by atoms with Gasteiger partial charge in [-0.15, -0.1) is 0 Å². The molecule has 0 atom stereocenters. The Morgan fingerprint density at radius 2 is 1.67 bits per heavy atom. The largest absolute Gasteiger partial charge is 0.493 e. The molecule has 0 spiro atoms. The molecule has 0 aliphatic heterocycles. The average Bonchev–Trinajstić information content (AvgIpc) is 2.68. The number of amides is 2. The summed E-state index contributed by atoms with van der Waals surface area (Å²) >= 11 is 0. The van der Waals surface area contributed by atoms with Crippen LogP contribution in [-0.4, -0.2) is 44.7 Å². The van der Waals surface area contributed by atoms with Crippen molar-refractivity contribution in [1.29, 1.82) is 0 Å². The van der Waals surface area contributed by atoms with E-state index in [0.29, 0.717) is 30.2 Å². The number of hydrogen-bond acceptors (Lipinski definition) is 5. The molecule has 0 unspecified atom stereocenters. The number of hydrogen-bond donors (Lipinski definition) is 2. The Hall–Kier alpha value is -3.22. The summed E-state index contributed by atoms with van der Waals surface area (Å²) in [5.74, 6) is 1.09. The van der Waals surface area contributed by atoms with Gasteiger partial charge in [0.2, 0.25) is 0 Å². The minimum absolute atomic E-state index is 0.0352. The van der Waals surface area contributed by atoms with Gasteiger partial charge in [0.25, 0.3) is 11.8 Å². The predicted octanol–water partition coefficient (Wildman–Crippen LogP) is 3.02. The Kier molecular flexibility index (Phi) is 8.53. The summed E-state index contributed by atoms with van der Waals surface area (Å²) in [6.45, 7) is 8.37. The van der Waals surface area contributed by atoms with Gasteiger partial charge in [0, 0.05) is 11.6 Å². The normalized spacial score (nSPS) is 10.5. The molecule has 0 aliphatic rings. The molecule has 0 fully saturated rings. The molecule has 0 saturated heterocycles. The average molecular weight is 415 g/mol. The third kappa shape index (κ3) is 7.31. The maximum Gasteiger partial charge on any atom is 0.258 e. The summed E-state index contributed by atoms with van der Waals surface area (Å²) < 4.78 is 16.5. The number of carbonyl (C=O) groups is 2. The Morgan fingerprint density at radius 3 is 2.30 bits per heavy atom. The Bertz CT molecular complexity index is 860. The molecular formula is C23H30N2O5. The van der Waals surface area contributed by atoms with Gasteiger partial charge in [0.1, 0.15) is 12.4 Å². The molecule has 2 aromatic rings. The molecule has 162 valence electrons. The van der Waals surface area contributed by atoms with Crippen molar-refractivity contribution in [3.63, 3.8) is 0 Å². The maximum absolute atomic E-state index is 12.4. The Labute approximate surface area is 177 Å². The van der Waals surface area contributed by atoms with Gasteiger partial charge in [-0.3, -0.25) is 9.59 Å². The van der Waals surface area contributed by atoms with E-state index in [4.69, 9.17) is 14.2 Å². The zero-order valence-corrected chi connectivity index (χ0v) is 18.2. The summed E-state index contributed by atoms with van der Waals surface area (Å²) in [6.07, 6.45) is 0. The summed E-state index contributed by atoms with van der Waals surface area (Å²) in [6, 6.07) is 10.8. The van der Waals surface area contributed by atoms with Crippen LogP contribution in [0.2, 0.25) is 0 Å². The molecule has 2 N–H and O–H groups in total. The summed E-state index contributed by atoms with van der Waals surface area (Å²) in [4.78, 5) is 24.1. The molecule has 0 saturated carbocycles. The van der Waals surface area contributed by atoms with Gasteiger partial charge in [-0.05, 0) is 69.2 Å². The highest BCUT2D eigenvalue weighted by molar-refractivity contribution is 5.94. The summed E-state index contributed by atoms with van der Waals surface area (Å²) in [7, 11) is 1.48. The van der Waals surface area contributed by atoms with Crippen molar-refractivity contribution in [3.8, 4) is 17.2 Å². The van der Waals surface area contributed by atoms with Crippen LogP contribution in [0.3, 0.4) is 0 Å². The van der Waals surface area contributed by atoms with E-state index in [1.54, 1.807) is 18.2 Å². The lowest BCUT2D eigenvalue weighted by Crippen LogP contribution is -2.34. The smallest absolute Gasteiger partial charge is 0.258 e. The van der Waals surface area contributed by atoms with E-state index >= 15 is 0 Å². The first-order valence-corrected chi connectivity index (χ1v) is 9.88. The van der Waals surface area contributed by atoms with Crippen molar-refractivity contribution in [2.75, 3.05) is 26.9 Å². The van der Waals surface area contributed by atoms with Gasteiger partial charge in [0.05, 0.1) is 13.7 Å². The predicted molar refractivity (Wildman–Crippen MR) is 116 cm³/mol. The Morgan fingerprint density at radius 1 is 0.967 bits per heavy atom. The van der Waals surface area contributed by atoms with Crippen molar-refractivity contribution in [3.05, 3.63) is 53.1 Å². The molecule has 2 amide bonds. The standard InChI is InChI=1S/C23H30N2O5/c1-15(2)25-22(26)14-30-20-7-6-18(13-21(20)28-5)23(27)24-8-9-29-19-11-16(3)10-17(4)12-19/h6-7,10-13,15H,8-9,14H2,1-5H3,(H,24,27)(H,25,26). The van der Waals surface area contributed by atoms with Gasteiger partial charge in [-0.1, -0.05) is 6.07 Å². The first-order chi connectivity index (χ1) is 14.3. The van der Waals surface area contributed by atoms with Crippen molar-refractivity contribution in [2.24, 2.45) is 0 Å². The molecular weight excluding hydrogens is 384 g/mol. The van der Waals surface area contributed by atoms with Gasteiger partial charge in [-0.2, -0.15) is 0 Å². The minimum Gasteiger partial charge on any atom is -0.493 e. The zero-order chi connectivity index (χ0) is 22.1. The third-order valence-electron chi connectivity index (χ3n) is 4.09. The molecule has 0 heterocycles. The number of benzene rings is 2. The van der Waals surface area contributed by atoms with Gasteiger partial charge in [0.15, 0.2) is 18.1 Å². The van der Waals surface area contributed by atoms with Crippen LogP contribution in [0, 0.1) is 13.8 Å². The molecule has 0 aromatic heterocycles. The maximum atomic E-state index is 12.4. The Balaban J connectivity index is 1.87. The van der Waals surface area contributed by atoms with Crippen LogP contribution in [0.1, 0.15) is 35.3 Å². The van der Waals surface area contributed by atoms with Crippen LogP contribution in [-0.2, 0) is 4.79 Å². The van der Waals surface area contributed by atoms with Crippen LogP contribution in [0.25, 0.3) is 0 Å². The molecule has 7 nitrogen and oxygen atoms in total. The number of carbonyl (C=O) groups excluding carboxylic acids is 2. The van der Waals surface area contributed by atoms with E-state index < -0.39 is 0 Å². The van der Waals surface area contributed by atoms with Crippen LogP contribution in [0.5, 0.6) is 17.2 Å². The van der Waals surface area contributed by atoms with E-state index in [9.17, 15) is 9.59 Å². The lowest BCUT2D eigenvalue weighted by atomic mass is 10.1. The second kappa shape index (κ2) is 11.1. The fourth-order valence-electron chi connectivity index (χ4n) is 2.89. The first-order valence-electron chi connectivity index (χ1n) is 9.88. The lowest BCUT2D eigenvalue weighted by molar-refractivity contribution is -0.123. The first kappa shape index (κ1) is 23.1. The van der Waals surface area contributed by atoms with E-state index in [2.05, 4.69) is 16.7 Å². The van der Waals surface area contributed by atoms with Crippen molar-refractivity contribution in [1.82, 2.24) is 10.6 Å². The second-order valence-electron chi connectivity index (χ2n) is 7.30. The fourth-order valence-corrected chi connectivity index (χ4v) is 2.89. The molecule has 7 heteroatoms. The van der Waals surface area contributed by atoms with Gasteiger partial charge in [-0.25, -0.2) is 0 Å². The van der Waals surface area contributed by atoms with E-state index in [1.807, 2.05) is 39.8 Å². The quantitative estimate of drug-likeness (QED) is 0.584. The topological polar surface area (TPSA) is 85.9 Å². The van der Waals surface area contributed by atoms with Gasteiger partial charge < -0.3 is 24.8 Å². The SMILES string of the molecule is COc1cc(C(=O)NCCOc2cc(C)cc(C)c2)ccc1OCC(=O)NC(C)C. The number of nitrogens with one attached hydrogen (secondary N) is 2. The summed E-state index contributed by atoms with van der Waals surface area (Å²) in [5.41, 5.74) is 2.69. The van der Waals surface area contributed by atoms with Crippen molar-refractivity contribution < 1.29 is 23.8 Å². The second-order valence-corrected chi connectivity index (χ2v) is 7.30. The van der Waals surface area contributed by atoms with Crippen molar-refractivity contribution in [2.45, 2.75) is 33.7 Å². The number of rotatable bonds is 10. The van der Waals surface area contributed by atoms with Crippen molar-refractivity contribution >= 4 is 11.8 Å². The monoisotopic (exact) mass is 414 g/mol. The number of aryl methyl sites for hydroxylation is 2. The number of ether oxygens (including phenoxy) is 3.